The molecule has 6 nitrogen and oxygen atoms in total. The predicted octanol–water partition coefficient (Wildman–Crippen LogP) is 4.27. The van der Waals surface area contributed by atoms with Crippen molar-refractivity contribution in [3.05, 3.63) is 83.4 Å². The number of methoxy groups -OCH3 is 1. The maximum atomic E-state index is 12.5. The summed E-state index contributed by atoms with van der Waals surface area (Å²) in [6, 6.07) is 17.6. The van der Waals surface area contributed by atoms with Gasteiger partial charge in [0.2, 0.25) is 0 Å². The third-order valence-electron chi connectivity index (χ3n) is 4.09. The van der Waals surface area contributed by atoms with Crippen LogP contribution in [0.1, 0.15) is 21.5 Å². The molecule has 0 atom stereocenters. The highest BCUT2D eigenvalue weighted by molar-refractivity contribution is 7.86. The van der Waals surface area contributed by atoms with Gasteiger partial charge in [-0.25, -0.2) is 0 Å². The standard InChI is InChI=1S/C21H18O6S/c1-14-3-5-15(6-4-14)21(22)16-7-9-17(10-8-16)27-19-12-11-18(26-2)13-20(19)28(23,24)25/h3-13H,1-2H3,(H,23,24,25). The van der Waals surface area contributed by atoms with E-state index in [1.165, 1.54) is 25.3 Å². The van der Waals surface area contributed by atoms with Gasteiger partial charge in [0.15, 0.2) is 5.78 Å². The molecule has 0 saturated heterocycles. The van der Waals surface area contributed by atoms with Crippen LogP contribution in [0.5, 0.6) is 17.2 Å². The molecular weight excluding hydrogens is 380 g/mol. The molecule has 0 heterocycles. The SMILES string of the molecule is COc1ccc(Oc2ccc(C(=O)c3ccc(C)cc3)cc2)c(S(=O)(=O)O)c1. The minimum atomic E-state index is -4.51. The fourth-order valence-corrected chi connectivity index (χ4v) is 3.20. The fourth-order valence-electron chi connectivity index (χ4n) is 2.57. The Morgan fingerprint density at radius 1 is 0.857 bits per heavy atom. The van der Waals surface area contributed by atoms with Crippen LogP contribution in [0.4, 0.5) is 0 Å². The summed E-state index contributed by atoms with van der Waals surface area (Å²) < 4.78 is 43.2. The van der Waals surface area contributed by atoms with Gasteiger partial charge in [0.25, 0.3) is 10.1 Å². The largest absolute Gasteiger partial charge is 0.497 e. The van der Waals surface area contributed by atoms with Gasteiger partial charge < -0.3 is 9.47 Å². The zero-order valence-electron chi connectivity index (χ0n) is 15.2. The quantitative estimate of drug-likeness (QED) is 0.493. The van der Waals surface area contributed by atoms with E-state index in [-0.39, 0.29) is 17.3 Å². The topological polar surface area (TPSA) is 89.9 Å². The van der Waals surface area contributed by atoms with Crippen LogP contribution in [0.25, 0.3) is 0 Å². The molecule has 0 radical (unpaired) electrons. The lowest BCUT2D eigenvalue weighted by Gasteiger charge is -2.11. The van der Waals surface area contributed by atoms with Gasteiger partial charge in [-0.3, -0.25) is 9.35 Å². The van der Waals surface area contributed by atoms with E-state index in [0.29, 0.717) is 16.9 Å². The number of hydrogen-bond acceptors (Lipinski definition) is 5. The van der Waals surface area contributed by atoms with Crippen molar-refractivity contribution in [2.45, 2.75) is 11.8 Å². The number of carbonyl (C=O) groups excluding carboxylic acids is 1. The molecule has 0 aliphatic rings. The van der Waals surface area contributed by atoms with Crippen LogP contribution in [-0.4, -0.2) is 25.9 Å². The number of ether oxygens (including phenoxy) is 2. The predicted molar refractivity (Wildman–Crippen MR) is 104 cm³/mol. The first-order chi connectivity index (χ1) is 13.3. The molecule has 3 rings (SSSR count). The third-order valence-corrected chi connectivity index (χ3v) is 4.96. The lowest BCUT2D eigenvalue weighted by Crippen LogP contribution is -2.03. The Morgan fingerprint density at radius 3 is 1.93 bits per heavy atom. The van der Waals surface area contributed by atoms with E-state index in [2.05, 4.69) is 0 Å². The van der Waals surface area contributed by atoms with Gasteiger partial charge in [0.1, 0.15) is 22.1 Å². The second-order valence-electron chi connectivity index (χ2n) is 6.11. The Balaban J connectivity index is 1.85. The molecule has 0 aromatic heterocycles. The lowest BCUT2D eigenvalue weighted by molar-refractivity contribution is 0.103. The zero-order valence-corrected chi connectivity index (χ0v) is 16.1. The van der Waals surface area contributed by atoms with Gasteiger partial charge in [-0.1, -0.05) is 29.8 Å². The summed E-state index contributed by atoms with van der Waals surface area (Å²) in [7, 11) is -3.12. The number of rotatable bonds is 6. The molecule has 3 aromatic carbocycles. The first-order valence-electron chi connectivity index (χ1n) is 8.33. The summed E-state index contributed by atoms with van der Waals surface area (Å²) in [5.41, 5.74) is 2.11. The van der Waals surface area contributed by atoms with Crippen LogP contribution in [0.2, 0.25) is 0 Å². The number of ketones is 1. The molecule has 0 amide bonds. The van der Waals surface area contributed by atoms with Crippen molar-refractivity contribution in [2.24, 2.45) is 0 Å². The smallest absolute Gasteiger partial charge is 0.298 e. The highest BCUT2D eigenvalue weighted by Crippen LogP contribution is 2.32. The minimum Gasteiger partial charge on any atom is -0.497 e. The molecule has 7 heteroatoms. The van der Waals surface area contributed by atoms with Crippen LogP contribution < -0.4 is 9.47 Å². The van der Waals surface area contributed by atoms with Crippen LogP contribution >= 0.6 is 0 Å². The van der Waals surface area contributed by atoms with E-state index < -0.39 is 15.0 Å². The molecule has 0 fully saturated rings. The third kappa shape index (κ3) is 4.39. The van der Waals surface area contributed by atoms with Crippen molar-refractivity contribution in [2.75, 3.05) is 7.11 Å². The van der Waals surface area contributed by atoms with Gasteiger partial charge >= 0.3 is 0 Å². The Hall–Kier alpha value is -3.16. The first kappa shape index (κ1) is 19.6. The Kier molecular flexibility index (Phi) is 5.48. The van der Waals surface area contributed by atoms with Crippen molar-refractivity contribution < 1.29 is 27.2 Å². The van der Waals surface area contributed by atoms with Crippen LogP contribution in [-0.2, 0) is 10.1 Å². The molecule has 0 aliphatic carbocycles. The summed E-state index contributed by atoms with van der Waals surface area (Å²) >= 11 is 0. The normalized spacial score (nSPS) is 11.1. The highest BCUT2D eigenvalue weighted by Gasteiger charge is 2.19. The Morgan fingerprint density at radius 2 is 1.39 bits per heavy atom. The van der Waals surface area contributed by atoms with Gasteiger partial charge in [0, 0.05) is 17.2 Å². The van der Waals surface area contributed by atoms with Crippen LogP contribution in [0, 0.1) is 6.92 Å². The van der Waals surface area contributed by atoms with Crippen LogP contribution in [0.15, 0.2) is 71.6 Å². The molecule has 0 spiro atoms. The number of benzene rings is 3. The van der Waals surface area contributed by atoms with E-state index >= 15 is 0 Å². The van der Waals surface area contributed by atoms with E-state index in [4.69, 9.17) is 9.47 Å². The summed E-state index contributed by atoms with van der Waals surface area (Å²) in [6.45, 7) is 1.94. The maximum Gasteiger partial charge on any atom is 0.298 e. The Bertz CT molecular complexity index is 1100. The van der Waals surface area contributed by atoms with Crippen molar-refractivity contribution in [3.8, 4) is 17.2 Å². The molecule has 0 unspecified atom stereocenters. The average molecular weight is 398 g/mol. The summed E-state index contributed by atoms with van der Waals surface area (Å²) in [6.07, 6.45) is 0. The second-order valence-corrected chi connectivity index (χ2v) is 7.50. The van der Waals surface area contributed by atoms with E-state index in [9.17, 15) is 17.8 Å². The first-order valence-corrected chi connectivity index (χ1v) is 9.77. The van der Waals surface area contributed by atoms with Gasteiger partial charge in [-0.2, -0.15) is 8.42 Å². The van der Waals surface area contributed by atoms with E-state index in [0.717, 1.165) is 5.56 Å². The monoisotopic (exact) mass is 398 g/mol. The van der Waals surface area contributed by atoms with Gasteiger partial charge in [-0.15, -0.1) is 0 Å². The average Bonchev–Trinajstić information content (AvgIpc) is 2.68. The number of hydrogen-bond donors (Lipinski definition) is 1. The Labute approximate surface area is 163 Å². The molecule has 3 aromatic rings. The zero-order chi connectivity index (χ0) is 20.3. The molecule has 0 aliphatic heterocycles. The molecule has 0 bridgehead atoms. The molecular formula is C21H18O6S. The number of carbonyl (C=O) groups is 1. The minimum absolute atomic E-state index is 0.0547. The summed E-state index contributed by atoms with van der Waals surface area (Å²) in [4.78, 5) is 12.1. The van der Waals surface area contributed by atoms with Gasteiger partial charge in [0.05, 0.1) is 7.11 Å². The van der Waals surface area contributed by atoms with Crippen molar-refractivity contribution in [1.29, 1.82) is 0 Å². The molecule has 1 N–H and O–H groups in total. The lowest BCUT2D eigenvalue weighted by atomic mass is 10.0. The van der Waals surface area contributed by atoms with Gasteiger partial charge in [-0.05, 0) is 43.3 Å². The van der Waals surface area contributed by atoms with Crippen molar-refractivity contribution >= 4 is 15.9 Å². The second kappa shape index (κ2) is 7.84. The highest BCUT2D eigenvalue weighted by atomic mass is 32.2. The molecule has 28 heavy (non-hydrogen) atoms. The van der Waals surface area contributed by atoms with Crippen LogP contribution in [0.3, 0.4) is 0 Å². The fraction of sp³-hybridized carbons (Fsp3) is 0.0952. The maximum absolute atomic E-state index is 12.5. The van der Waals surface area contributed by atoms with E-state index in [1.807, 2.05) is 19.1 Å². The summed E-state index contributed by atoms with van der Waals surface area (Å²) in [5.74, 6) is 0.394. The summed E-state index contributed by atoms with van der Waals surface area (Å²) in [5, 5.41) is 0. The molecule has 0 saturated carbocycles. The van der Waals surface area contributed by atoms with Crippen molar-refractivity contribution in [1.82, 2.24) is 0 Å². The molecule has 144 valence electrons. The number of aryl methyl sites for hydroxylation is 1. The van der Waals surface area contributed by atoms with Crippen molar-refractivity contribution in [3.63, 3.8) is 0 Å². The van der Waals surface area contributed by atoms with E-state index in [1.54, 1.807) is 36.4 Å².